The molecular weight excluding hydrogens is 1300 g/mol. The van der Waals surface area contributed by atoms with Gasteiger partial charge in [-0.2, -0.15) is 0 Å². The molecule has 8 nitrogen and oxygen atoms in total. The molecule has 95 heavy (non-hydrogen) atoms. The molecule has 528 valence electrons. The maximum Gasteiger partial charge on any atom is 0.171 e. The monoisotopic (exact) mass is 1420 g/mol. The van der Waals surface area contributed by atoms with Gasteiger partial charge in [0.05, 0.1) is 39.9 Å². The number of aromatic amines is 2. The average Bonchev–Trinajstić information content (AvgIpc) is 1.62. The number of unbranched alkanes of at least 4 members (excludes halogenated alkanes) is 35. The summed E-state index contributed by atoms with van der Waals surface area (Å²) >= 11 is 13.7. The molecule has 0 saturated heterocycles. The van der Waals surface area contributed by atoms with Crippen LogP contribution in [-0.4, -0.2) is 80.1 Å². The minimum Gasteiger partial charge on any atom is -0.323 e. The Balaban J connectivity index is 1.70. The van der Waals surface area contributed by atoms with Crippen molar-refractivity contribution in [1.82, 2.24) is 39.9 Å². The summed E-state index contributed by atoms with van der Waals surface area (Å²) in [5.74, 6) is 17.5. The molecule has 0 spiro atoms. The summed E-state index contributed by atoms with van der Waals surface area (Å²) in [5.41, 5.74) is 5.12. The molecule has 0 unspecified atom stereocenters. The van der Waals surface area contributed by atoms with E-state index in [9.17, 15) is 0 Å². The second kappa shape index (κ2) is 52.5. The predicted molar refractivity (Wildman–Crippen MR) is 434 cm³/mol. The Hall–Kier alpha value is -2.45. The van der Waals surface area contributed by atoms with Crippen LogP contribution in [0.15, 0.2) is 45.0 Å². The van der Waals surface area contributed by atoms with Crippen LogP contribution in [0.1, 0.15) is 353 Å². The fourth-order valence-electron chi connectivity index (χ4n) is 11.9. The lowest BCUT2D eigenvalue weighted by atomic mass is 10.1. The number of nitrogens with one attached hydrogen (secondary N) is 2. The number of nitrogens with zero attached hydrogens (tertiary/aromatic N) is 6. The van der Waals surface area contributed by atoms with Crippen LogP contribution in [0.2, 0.25) is 0 Å². The molecule has 4 aromatic rings. The quantitative estimate of drug-likeness (QED) is 0.0249. The molecule has 6 rings (SSSR count). The first-order chi connectivity index (χ1) is 47.0. The summed E-state index contributed by atoms with van der Waals surface area (Å²) in [6.45, 7) is 16.2. The van der Waals surface area contributed by atoms with Crippen LogP contribution in [0.3, 0.4) is 0 Å². The van der Waals surface area contributed by atoms with Crippen LogP contribution in [0, 0.1) is 11.8 Å². The molecule has 0 amide bonds. The van der Waals surface area contributed by atoms with E-state index in [4.69, 9.17) is 29.9 Å². The molecular formula is C80H126N8S7. The molecule has 2 aliphatic rings. The molecule has 5 heterocycles. The summed E-state index contributed by atoms with van der Waals surface area (Å²) < 4.78 is 0. The Morgan fingerprint density at radius 3 is 0.842 bits per heavy atom. The van der Waals surface area contributed by atoms with E-state index in [0.29, 0.717) is 0 Å². The van der Waals surface area contributed by atoms with Crippen LogP contribution < -0.4 is 0 Å². The average molecular weight is 1420 g/mol. The molecule has 15 heteroatoms. The highest BCUT2D eigenvalue weighted by atomic mass is 32.2. The summed E-state index contributed by atoms with van der Waals surface area (Å²) in [7, 11) is 0. The summed E-state index contributed by atoms with van der Waals surface area (Å²) in [6, 6.07) is 10.5. The topological polar surface area (TPSA) is 109 Å². The summed E-state index contributed by atoms with van der Waals surface area (Å²) in [4.78, 5) is 50.9. The van der Waals surface area contributed by atoms with E-state index in [2.05, 4.69) is 101 Å². The van der Waals surface area contributed by atoms with Crippen LogP contribution in [0.4, 0.5) is 0 Å². The largest absolute Gasteiger partial charge is 0.323 e. The van der Waals surface area contributed by atoms with Crippen molar-refractivity contribution in [2.24, 2.45) is 0 Å². The zero-order valence-electron chi connectivity index (χ0n) is 60.6. The molecule has 0 saturated carbocycles. The van der Waals surface area contributed by atoms with Crippen molar-refractivity contribution < 1.29 is 0 Å². The second-order valence-electron chi connectivity index (χ2n) is 26.2. The Bertz CT molecular complexity index is 3020. The summed E-state index contributed by atoms with van der Waals surface area (Å²) in [5, 5.41) is 0. The van der Waals surface area contributed by atoms with E-state index in [1.807, 2.05) is 82.3 Å². The number of fused-ring (bicyclic) bond motifs is 8. The molecule has 0 radical (unpaired) electrons. The number of benzene rings is 1. The van der Waals surface area contributed by atoms with Crippen molar-refractivity contribution in [3.63, 3.8) is 0 Å². The van der Waals surface area contributed by atoms with Crippen molar-refractivity contribution in [1.29, 1.82) is 0 Å². The van der Waals surface area contributed by atoms with Gasteiger partial charge in [-0.3, -0.25) is 0 Å². The lowest BCUT2D eigenvalue weighted by Gasteiger charge is -2.09. The van der Waals surface area contributed by atoms with Gasteiger partial charge in [-0.05, 0) is 97.3 Å². The third kappa shape index (κ3) is 31.1. The lowest BCUT2D eigenvalue weighted by molar-refractivity contribution is 0.627. The van der Waals surface area contributed by atoms with Crippen LogP contribution in [-0.2, 0) is 0 Å². The Morgan fingerprint density at radius 1 is 0.253 bits per heavy atom. The van der Waals surface area contributed by atoms with Gasteiger partial charge in [0.2, 0.25) is 0 Å². The molecule has 3 aromatic heterocycles. The van der Waals surface area contributed by atoms with Gasteiger partial charge in [-0.15, -0.1) is 82.3 Å². The van der Waals surface area contributed by atoms with Crippen molar-refractivity contribution in [2.75, 3.05) is 40.3 Å². The number of H-pyrrole nitrogens is 2. The number of aromatic nitrogens is 8. The van der Waals surface area contributed by atoms with Gasteiger partial charge in [0.25, 0.3) is 0 Å². The highest BCUT2D eigenvalue weighted by Crippen LogP contribution is 2.48. The van der Waals surface area contributed by atoms with Crippen molar-refractivity contribution in [2.45, 2.75) is 333 Å². The van der Waals surface area contributed by atoms with Gasteiger partial charge < -0.3 is 9.97 Å². The normalized spacial score (nSPS) is 12.5. The maximum absolute atomic E-state index is 5.89. The van der Waals surface area contributed by atoms with E-state index in [-0.39, 0.29) is 0 Å². The fourth-order valence-corrected chi connectivity index (χ4v) is 20.0. The molecule has 0 atom stereocenters. The minimum absolute atomic E-state index is 0.718. The number of thioether (sulfide) groups is 7. The number of hydrogen-bond acceptors (Lipinski definition) is 13. The Morgan fingerprint density at radius 2 is 0.505 bits per heavy atom. The third-order valence-corrected chi connectivity index (χ3v) is 26.2. The predicted octanol–water partition coefficient (Wildman–Crippen LogP) is 27.7. The highest BCUT2D eigenvalue weighted by molar-refractivity contribution is 8.14. The minimum atomic E-state index is 0.718. The number of hydrogen-bond donors (Lipinski definition) is 2. The maximum atomic E-state index is 5.89. The van der Waals surface area contributed by atoms with Crippen molar-refractivity contribution >= 4 is 125 Å². The van der Waals surface area contributed by atoms with Crippen LogP contribution >= 0.6 is 82.3 Å². The van der Waals surface area contributed by atoms with Crippen molar-refractivity contribution in [3.05, 3.63) is 64.8 Å². The number of rotatable bonds is 56. The van der Waals surface area contributed by atoms with Crippen LogP contribution in [0.5, 0.6) is 0 Å². The Labute approximate surface area is 609 Å². The van der Waals surface area contributed by atoms with Gasteiger partial charge >= 0.3 is 0 Å². The van der Waals surface area contributed by atoms with Gasteiger partial charge in [0.15, 0.2) is 28.9 Å². The van der Waals surface area contributed by atoms with Crippen LogP contribution in [0.25, 0.3) is 42.2 Å². The van der Waals surface area contributed by atoms with Gasteiger partial charge in [0.1, 0.15) is 16.9 Å². The van der Waals surface area contributed by atoms with Gasteiger partial charge in [-0.25, -0.2) is 29.9 Å². The molecule has 0 fully saturated rings. The smallest absolute Gasteiger partial charge is 0.171 e. The van der Waals surface area contributed by atoms with Gasteiger partial charge in [-0.1, -0.05) is 303 Å². The zero-order chi connectivity index (χ0) is 67.0. The van der Waals surface area contributed by atoms with E-state index in [1.54, 1.807) is 0 Å². The standard InChI is InChI=1S/C80H126N8S7/c1-8-15-22-29-36-46-57-89-66-65(56-55-64-53-44-43-45-54-64)73-81-74(66)83-76-69(92-60-49-39-32-25-18-11-4)70(93-61-50-40-33-26-19-12-5)78(85-76)87-80-72(95-63-52-42-35-28-21-14-7)71(94-62-51-41-34-27-20-13-6)79(88-80)86-77-68(91-59-48-38-31-24-17-10-3)67(75(82-73)84-77)90-58-47-37-30-23-16-9-2/h43-45,53-54H,8-42,46-52,57-63H2,1-7H3,(H2,81,82,83,84,85,86,87,88). The molecule has 2 aliphatic heterocycles. The van der Waals surface area contributed by atoms with E-state index in [0.717, 1.165) is 144 Å². The van der Waals surface area contributed by atoms with Crippen molar-refractivity contribution in [3.8, 4) is 11.8 Å². The highest BCUT2D eigenvalue weighted by Gasteiger charge is 2.30. The fraction of sp³-hybridized carbons (Fsp3) is 0.700. The first kappa shape index (κ1) is 81.5. The summed E-state index contributed by atoms with van der Waals surface area (Å²) in [6.07, 6.45) is 52.8. The third-order valence-electron chi connectivity index (χ3n) is 17.6. The van der Waals surface area contributed by atoms with E-state index in [1.165, 1.54) is 257 Å². The molecule has 8 bridgehead atoms. The van der Waals surface area contributed by atoms with E-state index >= 15 is 0 Å². The molecule has 1 aromatic carbocycles. The first-order valence-electron chi connectivity index (χ1n) is 38.7. The molecule has 0 aliphatic carbocycles. The SMILES string of the molecule is CCCCCCCCSC1=C(SCCCCCCCC)c2nc1nc1nc(nc3[nH]c(nc4[nH]c(n2)c(C#Cc2ccccc2)c4SCCCCCCCC)c(SCCCCCCCC)c3SCCCCCCCC)C(SCCCCCCCC)=C1SCCCCCCCC. The Kier molecular flexibility index (Phi) is 45.1. The first-order valence-corrected chi connectivity index (χ1v) is 45.6. The van der Waals surface area contributed by atoms with E-state index < -0.39 is 0 Å². The zero-order valence-corrected chi connectivity index (χ0v) is 66.3. The van der Waals surface area contributed by atoms with Gasteiger partial charge in [0, 0.05) is 5.56 Å². The second-order valence-corrected chi connectivity index (χ2v) is 34.0. The lowest BCUT2D eigenvalue weighted by Crippen LogP contribution is -1.93. The molecule has 2 N–H and O–H groups in total.